The molecule has 2 aliphatic rings. The Balaban J connectivity index is 1.23. The molecule has 218 valence electrons. The lowest BCUT2D eigenvalue weighted by molar-refractivity contribution is -0.137. The van der Waals surface area contributed by atoms with E-state index in [9.17, 15) is 23.6 Å². The summed E-state index contributed by atoms with van der Waals surface area (Å²) in [7, 11) is 0. The number of rotatable bonds is 7. The second kappa shape index (κ2) is 11.2. The molecule has 4 heterocycles. The quantitative estimate of drug-likeness (QED) is 0.303. The van der Waals surface area contributed by atoms with Gasteiger partial charge >= 0.3 is 0 Å². The maximum Gasteiger partial charge on any atom is 0.269 e. The molecule has 1 saturated heterocycles. The summed E-state index contributed by atoms with van der Waals surface area (Å²) in [6.07, 6.45) is 6.46. The summed E-state index contributed by atoms with van der Waals surface area (Å²) in [5.41, 5.74) is 7.22. The van der Waals surface area contributed by atoms with E-state index in [0.29, 0.717) is 16.7 Å². The van der Waals surface area contributed by atoms with Gasteiger partial charge in [0.1, 0.15) is 24.6 Å². The summed E-state index contributed by atoms with van der Waals surface area (Å²) in [5, 5.41) is 17.9. The van der Waals surface area contributed by atoms with Gasteiger partial charge in [-0.2, -0.15) is 15.3 Å². The number of aromatic amines is 1. The van der Waals surface area contributed by atoms with Gasteiger partial charge in [-0.25, -0.2) is 4.39 Å². The SMILES string of the molecule is NC(=O)c1nn(CC(=O)N2C[C@H](F)C[C@H]2C(=O)Nc2cc(=O)[nH]n2C2CCCCC2)c2ccc(-c3ccnnc3)cc12. The van der Waals surface area contributed by atoms with Crippen LogP contribution in [0.15, 0.2) is 47.5 Å². The highest BCUT2D eigenvalue weighted by Crippen LogP contribution is 2.31. The van der Waals surface area contributed by atoms with E-state index in [1.807, 2.05) is 0 Å². The average molecular weight is 576 g/mol. The van der Waals surface area contributed by atoms with Gasteiger partial charge in [0.25, 0.3) is 11.5 Å². The number of benzene rings is 1. The van der Waals surface area contributed by atoms with Crippen molar-refractivity contribution in [3.63, 3.8) is 0 Å². The normalized spacial score (nSPS) is 19.3. The van der Waals surface area contributed by atoms with Crippen molar-refractivity contribution in [1.29, 1.82) is 0 Å². The number of primary amides is 1. The average Bonchev–Trinajstić information content (AvgIpc) is 3.68. The van der Waals surface area contributed by atoms with E-state index in [2.05, 4.69) is 25.7 Å². The molecule has 1 aromatic carbocycles. The van der Waals surface area contributed by atoms with Crippen molar-refractivity contribution in [3.05, 3.63) is 58.8 Å². The summed E-state index contributed by atoms with van der Waals surface area (Å²) in [5.74, 6) is -1.59. The smallest absolute Gasteiger partial charge is 0.269 e. The lowest BCUT2D eigenvalue weighted by atomic mass is 9.96. The zero-order chi connectivity index (χ0) is 29.4. The third-order valence-corrected chi connectivity index (χ3v) is 8.01. The van der Waals surface area contributed by atoms with E-state index in [1.54, 1.807) is 41.3 Å². The molecule has 1 aliphatic heterocycles. The molecule has 4 aromatic rings. The van der Waals surface area contributed by atoms with E-state index >= 15 is 0 Å². The van der Waals surface area contributed by atoms with Crippen molar-refractivity contribution in [2.24, 2.45) is 5.73 Å². The van der Waals surface area contributed by atoms with Crippen LogP contribution < -0.4 is 16.6 Å². The number of likely N-dealkylation sites (tertiary alicyclic amines) is 1. The van der Waals surface area contributed by atoms with Gasteiger partial charge in [0.2, 0.25) is 11.8 Å². The van der Waals surface area contributed by atoms with Crippen LogP contribution in [0.2, 0.25) is 0 Å². The zero-order valence-electron chi connectivity index (χ0n) is 22.7. The highest BCUT2D eigenvalue weighted by atomic mass is 19.1. The van der Waals surface area contributed by atoms with E-state index in [4.69, 9.17) is 5.73 Å². The Bertz CT molecular complexity index is 1710. The van der Waals surface area contributed by atoms with Gasteiger partial charge in [0.15, 0.2) is 5.69 Å². The largest absolute Gasteiger partial charge is 0.364 e. The molecule has 0 unspecified atom stereocenters. The Labute approximate surface area is 238 Å². The molecule has 42 heavy (non-hydrogen) atoms. The van der Waals surface area contributed by atoms with Crippen molar-refractivity contribution < 1.29 is 18.8 Å². The number of nitrogens with zero attached hydrogens (tertiary/aromatic N) is 6. The Morgan fingerprint density at radius 2 is 1.88 bits per heavy atom. The number of H-pyrrole nitrogens is 1. The molecule has 3 amide bonds. The first-order valence-corrected chi connectivity index (χ1v) is 13.9. The number of amides is 3. The van der Waals surface area contributed by atoms with Crippen molar-refractivity contribution >= 4 is 34.4 Å². The number of aromatic nitrogens is 6. The van der Waals surface area contributed by atoms with E-state index in [-0.39, 0.29) is 36.8 Å². The topological polar surface area (TPSA) is 174 Å². The predicted molar refractivity (Wildman–Crippen MR) is 150 cm³/mol. The van der Waals surface area contributed by atoms with Crippen LogP contribution in [0, 0.1) is 0 Å². The van der Waals surface area contributed by atoms with E-state index in [0.717, 1.165) is 43.2 Å². The highest BCUT2D eigenvalue weighted by molar-refractivity contribution is 6.05. The first kappa shape index (κ1) is 27.3. The molecule has 1 aliphatic carbocycles. The summed E-state index contributed by atoms with van der Waals surface area (Å²) in [6.45, 7) is -0.603. The standard InChI is InChI=1S/C28H30FN9O4/c29-18-11-22(28(42)33-23-12-24(39)34-38(23)19-4-2-1-3-5-19)36(14-18)25(40)15-37-21-7-6-16(17-8-9-31-32-13-17)10-20(21)26(35-37)27(30)41/h6-10,12-13,18-19,22H,1-5,11,14-15H2,(H2,30,41)(H,33,42)(H,34,39)/t18-,22+/m1/s1. The number of halogens is 1. The second-order valence-electron chi connectivity index (χ2n) is 10.8. The first-order chi connectivity index (χ1) is 20.3. The minimum atomic E-state index is -1.40. The number of hydrogen-bond acceptors (Lipinski definition) is 7. The van der Waals surface area contributed by atoms with Crippen LogP contribution in [-0.4, -0.2) is 71.1 Å². The number of anilines is 1. The molecule has 4 N–H and O–H groups in total. The molecule has 6 rings (SSSR count). The molecule has 2 atom stereocenters. The van der Waals surface area contributed by atoms with Gasteiger partial charge in [-0.05, 0) is 36.6 Å². The van der Waals surface area contributed by atoms with Crippen molar-refractivity contribution in [1.82, 2.24) is 34.7 Å². The predicted octanol–water partition coefficient (Wildman–Crippen LogP) is 2.16. The van der Waals surface area contributed by atoms with Crippen LogP contribution in [0.25, 0.3) is 22.0 Å². The third kappa shape index (κ3) is 5.27. The second-order valence-corrected chi connectivity index (χ2v) is 10.8. The summed E-state index contributed by atoms with van der Waals surface area (Å²) in [4.78, 5) is 52.4. The molecule has 0 bridgehead atoms. The van der Waals surface area contributed by atoms with Crippen molar-refractivity contribution in [2.45, 2.75) is 63.3 Å². The maximum atomic E-state index is 14.6. The number of hydrogen-bond donors (Lipinski definition) is 3. The molecule has 1 saturated carbocycles. The van der Waals surface area contributed by atoms with Gasteiger partial charge < -0.3 is 16.0 Å². The number of nitrogens with one attached hydrogen (secondary N) is 2. The number of nitrogens with two attached hydrogens (primary N) is 1. The summed E-state index contributed by atoms with van der Waals surface area (Å²) >= 11 is 0. The lowest BCUT2D eigenvalue weighted by Crippen LogP contribution is -2.45. The Kier molecular flexibility index (Phi) is 7.27. The number of alkyl halides is 1. The lowest BCUT2D eigenvalue weighted by Gasteiger charge is -2.26. The maximum absolute atomic E-state index is 14.6. The fourth-order valence-corrected chi connectivity index (χ4v) is 5.99. The van der Waals surface area contributed by atoms with Gasteiger partial charge in [0, 0.05) is 23.4 Å². The molecule has 3 aromatic heterocycles. The molecule has 0 spiro atoms. The van der Waals surface area contributed by atoms with Gasteiger partial charge in [-0.15, -0.1) is 0 Å². The zero-order valence-corrected chi connectivity index (χ0v) is 22.7. The van der Waals surface area contributed by atoms with Crippen LogP contribution >= 0.6 is 0 Å². The summed E-state index contributed by atoms with van der Waals surface area (Å²) < 4.78 is 17.6. The minimum absolute atomic E-state index is 0.0195. The molecule has 14 heteroatoms. The van der Waals surface area contributed by atoms with E-state index < -0.39 is 29.9 Å². The van der Waals surface area contributed by atoms with Crippen LogP contribution in [-0.2, 0) is 16.1 Å². The van der Waals surface area contributed by atoms with Gasteiger partial charge in [-0.3, -0.25) is 33.6 Å². The number of carbonyl (C=O) groups excluding carboxylic acids is 3. The van der Waals surface area contributed by atoms with Crippen LogP contribution in [0.1, 0.15) is 55.1 Å². The Morgan fingerprint density at radius 1 is 1.07 bits per heavy atom. The molecule has 13 nitrogen and oxygen atoms in total. The van der Waals surface area contributed by atoms with Crippen LogP contribution in [0.5, 0.6) is 0 Å². The highest BCUT2D eigenvalue weighted by Gasteiger charge is 2.40. The summed E-state index contributed by atoms with van der Waals surface area (Å²) in [6, 6.07) is 7.26. The van der Waals surface area contributed by atoms with Gasteiger partial charge in [-0.1, -0.05) is 25.3 Å². The molecule has 2 fully saturated rings. The fourth-order valence-electron chi connectivity index (χ4n) is 5.99. The molecular formula is C28H30FN9O4. The number of fused-ring (bicyclic) bond motifs is 1. The first-order valence-electron chi connectivity index (χ1n) is 13.9. The van der Waals surface area contributed by atoms with Crippen LogP contribution in [0.3, 0.4) is 0 Å². The Morgan fingerprint density at radius 3 is 2.62 bits per heavy atom. The van der Waals surface area contributed by atoms with Crippen molar-refractivity contribution in [2.75, 3.05) is 11.9 Å². The fraction of sp³-hybridized carbons (Fsp3) is 0.393. The monoisotopic (exact) mass is 575 g/mol. The van der Waals surface area contributed by atoms with E-state index in [1.165, 1.54) is 15.6 Å². The third-order valence-electron chi connectivity index (χ3n) is 8.01. The van der Waals surface area contributed by atoms with Crippen LogP contribution in [0.4, 0.5) is 10.2 Å². The molecular weight excluding hydrogens is 545 g/mol. The minimum Gasteiger partial charge on any atom is -0.364 e. The number of carbonyl (C=O) groups is 3. The van der Waals surface area contributed by atoms with Crippen molar-refractivity contribution in [3.8, 4) is 11.1 Å². The Hall–Kier alpha value is -4.88. The van der Waals surface area contributed by atoms with Gasteiger partial charge in [0.05, 0.1) is 30.5 Å². The molecule has 0 radical (unpaired) electrons.